The van der Waals surface area contributed by atoms with Crippen molar-refractivity contribution in [3.8, 4) is 0 Å². The molecule has 1 N–H and O–H groups in total. The van der Waals surface area contributed by atoms with Gasteiger partial charge in [0, 0.05) is 24.9 Å². The fourth-order valence-electron chi connectivity index (χ4n) is 2.35. The molecule has 0 amide bonds. The number of hydrogen-bond acceptors (Lipinski definition) is 5. The SMILES string of the molecule is COCc1cc(NS(=O)(=O)c2cccc3nn(C)nc23)ccc1Cl. The standard InChI is InChI=1S/C15H15ClN4O3S/c1-20-17-13-4-3-5-14(15(13)18-20)24(21,22)19-11-6-7-12(16)10(8-11)9-23-2/h3-8,19H,9H2,1-2H3. The number of sulfonamides is 1. The van der Waals surface area contributed by atoms with E-state index in [1.807, 2.05) is 0 Å². The lowest BCUT2D eigenvalue weighted by atomic mass is 10.2. The number of rotatable bonds is 5. The maximum atomic E-state index is 12.7. The van der Waals surface area contributed by atoms with Crippen LogP contribution < -0.4 is 4.72 Å². The summed E-state index contributed by atoms with van der Waals surface area (Å²) in [6.45, 7) is 0.286. The normalized spacial score (nSPS) is 11.8. The van der Waals surface area contributed by atoms with Crippen LogP contribution in [-0.4, -0.2) is 30.5 Å². The summed E-state index contributed by atoms with van der Waals surface area (Å²) >= 11 is 6.07. The average molecular weight is 367 g/mol. The second-order valence-electron chi connectivity index (χ2n) is 5.16. The molecule has 0 aliphatic heterocycles. The average Bonchev–Trinajstić information content (AvgIpc) is 2.90. The predicted octanol–water partition coefficient (Wildman–Crippen LogP) is 2.57. The molecular weight excluding hydrogens is 352 g/mol. The maximum absolute atomic E-state index is 12.7. The van der Waals surface area contributed by atoms with Crippen molar-refractivity contribution in [3.63, 3.8) is 0 Å². The monoisotopic (exact) mass is 366 g/mol. The van der Waals surface area contributed by atoms with Crippen LogP contribution >= 0.6 is 11.6 Å². The number of ether oxygens (including phenoxy) is 1. The lowest BCUT2D eigenvalue weighted by molar-refractivity contribution is 0.185. The minimum absolute atomic E-state index is 0.0661. The molecule has 0 atom stereocenters. The molecule has 24 heavy (non-hydrogen) atoms. The Kier molecular flexibility index (Phi) is 4.44. The number of hydrogen-bond donors (Lipinski definition) is 1. The van der Waals surface area contributed by atoms with Crippen molar-refractivity contribution in [2.75, 3.05) is 11.8 Å². The molecule has 0 unspecified atom stereocenters. The van der Waals surface area contributed by atoms with Crippen molar-refractivity contribution in [2.45, 2.75) is 11.5 Å². The minimum Gasteiger partial charge on any atom is -0.380 e. The van der Waals surface area contributed by atoms with Crippen molar-refractivity contribution >= 4 is 38.3 Å². The zero-order valence-electron chi connectivity index (χ0n) is 13.0. The van der Waals surface area contributed by atoms with Gasteiger partial charge < -0.3 is 4.74 Å². The van der Waals surface area contributed by atoms with Gasteiger partial charge in [0.15, 0.2) is 0 Å². The van der Waals surface area contributed by atoms with Gasteiger partial charge in [-0.1, -0.05) is 17.7 Å². The fraction of sp³-hybridized carbons (Fsp3) is 0.200. The summed E-state index contributed by atoms with van der Waals surface area (Å²) in [4.78, 5) is 1.40. The van der Waals surface area contributed by atoms with Gasteiger partial charge in [-0.2, -0.15) is 15.0 Å². The summed E-state index contributed by atoms with van der Waals surface area (Å²) in [5.41, 5.74) is 1.92. The van der Waals surface area contributed by atoms with Gasteiger partial charge in [0.2, 0.25) is 0 Å². The van der Waals surface area contributed by atoms with E-state index in [1.165, 1.54) is 10.9 Å². The smallest absolute Gasteiger partial charge is 0.264 e. The van der Waals surface area contributed by atoms with Crippen molar-refractivity contribution < 1.29 is 13.2 Å². The van der Waals surface area contributed by atoms with Crippen molar-refractivity contribution in [1.82, 2.24) is 15.0 Å². The van der Waals surface area contributed by atoms with Gasteiger partial charge in [-0.05, 0) is 35.9 Å². The van der Waals surface area contributed by atoms with E-state index in [-0.39, 0.29) is 11.5 Å². The number of halogens is 1. The van der Waals surface area contributed by atoms with Gasteiger partial charge in [0.05, 0.1) is 6.61 Å². The molecule has 3 aromatic rings. The maximum Gasteiger partial charge on any atom is 0.264 e. The molecule has 126 valence electrons. The van der Waals surface area contributed by atoms with Gasteiger partial charge in [0.1, 0.15) is 15.9 Å². The number of methoxy groups -OCH3 is 1. The number of nitrogens with one attached hydrogen (secondary N) is 1. The Labute approximate surface area is 144 Å². The lowest BCUT2D eigenvalue weighted by Gasteiger charge is -2.10. The van der Waals surface area contributed by atoms with Crippen molar-refractivity contribution in [3.05, 3.63) is 47.0 Å². The Hall–Kier alpha value is -2.16. The highest BCUT2D eigenvalue weighted by atomic mass is 35.5. The van der Waals surface area contributed by atoms with Gasteiger partial charge >= 0.3 is 0 Å². The predicted molar refractivity (Wildman–Crippen MR) is 91.5 cm³/mol. The van der Waals surface area contributed by atoms with Crippen LogP contribution in [0.4, 0.5) is 5.69 Å². The summed E-state index contributed by atoms with van der Waals surface area (Å²) in [6, 6.07) is 9.68. The van der Waals surface area contributed by atoms with Crippen LogP contribution in [0.3, 0.4) is 0 Å². The first-order chi connectivity index (χ1) is 11.4. The van der Waals surface area contributed by atoms with Crippen molar-refractivity contribution in [1.29, 1.82) is 0 Å². The number of benzene rings is 2. The van der Waals surface area contributed by atoms with E-state index < -0.39 is 10.0 Å². The first kappa shape index (κ1) is 16.7. The van der Waals surface area contributed by atoms with Crippen LogP contribution in [0.2, 0.25) is 5.02 Å². The molecule has 0 fully saturated rings. The first-order valence-electron chi connectivity index (χ1n) is 7.01. The molecule has 1 aromatic heterocycles. The van der Waals surface area contributed by atoms with Crippen molar-refractivity contribution in [2.24, 2.45) is 7.05 Å². The molecule has 1 heterocycles. The van der Waals surface area contributed by atoms with Crippen LogP contribution in [0.5, 0.6) is 0 Å². The number of aromatic nitrogens is 3. The number of nitrogens with zero attached hydrogens (tertiary/aromatic N) is 3. The molecule has 0 bridgehead atoms. The molecule has 9 heteroatoms. The summed E-state index contributed by atoms with van der Waals surface area (Å²) in [6.07, 6.45) is 0. The van der Waals surface area contributed by atoms with E-state index in [2.05, 4.69) is 14.9 Å². The number of anilines is 1. The topological polar surface area (TPSA) is 86.1 Å². The third-order valence-electron chi connectivity index (χ3n) is 3.36. The molecule has 0 saturated heterocycles. The van der Waals surface area contributed by atoms with E-state index >= 15 is 0 Å². The molecule has 0 spiro atoms. The molecule has 2 aromatic carbocycles. The van der Waals surface area contributed by atoms with Crippen LogP contribution in [0.1, 0.15) is 5.56 Å². The quantitative estimate of drug-likeness (QED) is 0.750. The van der Waals surface area contributed by atoms with Crippen LogP contribution in [-0.2, 0) is 28.4 Å². The fourth-order valence-corrected chi connectivity index (χ4v) is 3.72. The molecule has 7 nitrogen and oxygen atoms in total. The highest BCUT2D eigenvalue weighted by molar-refractivity contribution is 7.93. The largest absolute Gasteiger partial charge is 0.380 e. The third-order valence-corrected chi connectivity index (χ3v) is 5.14. The third kappa shape index (κ3) is 3.21. The minimum atomic E-state index is -3.82. The Bertz CT molecular complexity index is 1000. The first-order valence-corrected chi connectivity index (χ1v) is 8.87. The summed E-state index contributed by atoms with van der Waals surface area (Å²) in [5, 5.41) is 8.76. The Morgan fingerprint density at radius 1 is 1.25 bits per heavy atom. The van der Waals surface area contributed by atoms with Crippen LogP contribution in [0, 0.1) is 0 Å². The summed E-state index contributed by atoms with van der Waals surface area (Å²) in [5.74, 6) is 0. The highest BCUT2D eigenvalue weighted by Gasteiger charge is 2.20. The van der Waals surface area contributed by atoms with Gasteiger partial charge in [-0.25, -0.2) is 8.42 Å². The zero-order chi connectivity index (χ0) is 17.3. The summed E-state index contributed by atoms with van der Waals surface area (Å²) in [7, 11) is -0.638. The van der Waals surface area contributed by atoms with Gasteiger partial charge in [-0.15, -0.1) is 0 Å². The Morgan fingerprint density at radius 2 is 2.04 bits per heavy atom. The van der Waals surface area contributed by atoms with Gasteiger partial charge in [-0.3, -0.25) is 4.72 Å². The van der Waals surface area contributed by atoms with E-state index in [1.54, 1.807) is 44.5 Å². The Balaban J connectivity index is 2.00. The number of aryl methyl sites for hydroxylation is 1. The Morgan fingerprint density at radius 3 is 2.79 bits per heavy atom. The second-order valence-corrected chi connectivity index (χ2v) is 7.22. The molecule has 0 aliphatic carbocycles. The molecular formula is C15H15ClN4O3S. The van der Waals surface area contributed by atoms with Gasteiger partial charge in [0.25, 0.3) is 10.0 Å². The molecule has 3 rings (SSSR count). The highest BCUT2D eigenvalue weighted by Crippen LogP contribution is 2.25. The van der Waals surface area contributed by atoms with E-state index in [0.29, 0.717) is 27.3 Å². The molecule has 0 saturated carbocycles. The van der Waals surface area contributed by atoms with E-state index in [9.17, 15) is 8.42 Å². The molecule has 0 aliphatic rings. The van der Waals surface area contributed by atoms with E-state index in [0.717, 1.165) is 0 Å². The number of fused-ring (bicyclic) bond motifs is 1. The van der Waals surface area contributed by atoms with Crippen LogP contribution in [0.15, 0.2) is 41.3 Å². The second kappa shape index (κ2) is 6.39. The summed E-state index contributed by atoms with van der Waals surface area (Å²) < 4.78 is 33.1. The lowest BCUT2D eigenvalue weighted by Crippen LogP contribution is -2.13. The van der Waals surface area contributed by atoms with E-state index in [4.69, 9.17) is 16.3 Å². The zero-order valence-corrected chi connectivity index (χ0v) is 14.6. The van der Waals surface area contributed by atoms with Crippen LogP contribution in [0.25, 0.3) is 11.0 Å². The molecule has 0 radical (unpaired) electrons.